The predicted octanol–water partition coefficient (Wildman–Crippen LogP) is 4.72. The molecular formula is C21H17N3O. The number of aryl methyl sites for hydroxylation is 2. The highest BCUT2D eigenvalue weighted by molar-refractivity contribution is 5.95. The highest BCUT2D eigenvalue weighted by atomic mass is 16.1. The topological polar surface area (TPSA) is 58.6 Å². The van der Waals surface area contributed by atoms with E-state index in [2.05, 4.69) is 43.1 Å². The fourth-order valence-corrected chi connectivity index (χ4v) is 2.87. The predicted molar refractivity (Wildman–Crippen MR) is 99.6 cm³/mol. The van der Waals surface area contributed by atoms with Crippen LogP contribution in [0.3, 0.4) is 0 Å². The fourth-order valence-electron chi connectivity index (χ4n) is 2.87. The summed E-state index contributed by atoms with van der Waals surface area (Å²) in [5.41, 5.74) is 7.67. The maximum atomic E-state index is 11.3. The Morgan fingerprint density at radius 2 is 1.32 bits per heavy atom. The number of aromatic nitrogens is 3. The minimum absolute atomic E-state index is 0.520. The van der Waals surface area contributed by atoms with Gasteiger partial charge in [0.05, 0.1) is 17.0 Å². The lowest BCUT2D eigenvalue weighted by molar-refractivity contribution is 0.112. The number of aromatic amines is 1. The summed E-state index contributed by atoms with van der Waals surface area (Å²) in [6.45, 7) is 4.11. The van der Waals surface area contributed by atoms with Crippen LogP contribution in [-0.2, 0) is 0 Å². The standard InChI is InChI=1S/C21H17N3O/c1-13-3-7-15(8-4-13)18-19(16-9-5-14(2)6-10-16)24-21-20(23-18)17(12-25)11-22-21/h3-12H,1-2H3,(H,22,24). The van der Waals surface area contributed by atoms with Gasteiger partial charge >= 0.3 is 0 Å². The summed E-state index contributed by atoms with van der Waals surface area (Å²) >= 11 is 0. The lowest BCUT2D eigenvalue weighted by atomic mass is 10.0. The third-order valence-corrected chi connectivity index (χ3v) is 4.31. The summed E-state index contributed by atoms with van der Waals surface area (Å²) in [4.78, 5) is 23.9. The molecule has 25 heavy (non-hydrogen) atoms. The van der Waals surface area contributed by atoms with Gasteiger partial charge in [-0.05, 0) is 13.8 Å². The van der Waals surface area contributed by atoms with Gasteiger partial charge in [0.15, 0.2) is 11.9 Å². The Morgan fingerprint density at radius 1 is 0.800 bits per heavy atom. The van der Waals surface area contributed by atoms with Crippen molar-refractivity contribution >= 4 is 17.5 Å². The van der Waals surface area contributed by atoms with Crippen LogP contribution in [0.25, 0.3) is 33.7 Å². The zero-order valence-electron chi connectivity index (χ0n) is 14.1. The summed E-state index contributed by atoms with van der Waals surface area (Å²) in [5.74, 6) is 0. The molecule has 0 aliphatic carbocycles. The van der Waals surface area contributed by atoms with E-state index in [-0.39, 0.29) is 0 Å². The molecule has 0 radical (unpaired) electrons. The van der Waals surface area contributed by atoms with Crippen LogP contribution < -0.4 is 0 Å². The first-order valence-corrected chi connectivity index (χ1v) is 8.14. The fraction of sp³-hybridized carbons (Fsp3) is 0.0952. The van der Waals surface area contributed by atoms with Crippen LogP contribution in [0, 0.1) is 13.8 Å². The van der Waals surface area contributed by atoms with Gasteiger partial charge in [0, 0.05) is 17.3 Å². The van der Waals surface area contributed by atoms with Crippen LogP contribution >= 0.6 is 0 Å². The average molecular weight is 327 g/mol. The van der Waals surface area contributed by atoms with E-state index in [1.807, 2.05) is 24.3 Å². The molecule has 0 aliphatic rings. The molecule has 0 fully saturated rings. The Morgan fingerprint density at radius 3 is 1.84 bits per heavy atom. The molecule has 4 rings (SSSR count). The first-order valence-electron chi connectivity index (χ1n) is 8.14. The summed E-state index contributed by atoms with van der Waals surface area (Å²) in [7, 11) is 0. The highest BCUT2D eigenvalue weighted by Crippen LogP contribution is 2.31. The van der Waals surface area contributed by atoms with Crippen molar-refractivity contribution in [1.29, 1.82) is 0 Å². The molecule has 0 saturated heterocycles. The second-order valence-corrected chi connectivity index (χ2v) is 6.21. The Labute approximate surface area is 145 Å². The van der Waals surface area contributed by atoms with Gasteiger partial charge < -0.3 is 4.98 Å². The number of fused-ring (bicyclic) bond motifs is 1. The van der Waals surface area contributed by atoms with Crippen LogP contribution in [0.1, 0.15) is 21.5 Å². The number of nitrogens with zero attached hydrogens (tertiary/aromatic N) is 2. The SMILES string of the molecule is Cc1ccc(-c2nc3[nH]cc(C=O)c3nc2-c2ccc(C)cc2)cc1. The zero-order chi connectivity index (χ0) is 17.4. The first kappa shape index (κ1) is 15.3. The molecule has 4 nitrogen and oxygen atoms in total. The van der Waals surface area contributed by atoms with Crippen LogP contribution in [0.4, 0.5) is 0 Å². The molecule has 122 valence electrons. The maximum Gasteiger partial charge on any atom is 0.157 e. The van der Waals surface area contributed by atoms with E-state index in [1.165, 1.54) is 11.1 Å². The quantitative estimate of drug-likeness (QED) is 0.554. The summed E-state index contributed by atoms with van der Waals surface area (Å²) in [6.07, 6.45) is 2.45. The third kappa shape index (κ3) is 2.72. The molecule has 0 spiro atoms. The van der Waals surface area contributed by atoms with Crippen LogP contribution in [0.15, 0.2) is 54.7 Å². The number of nitrogens with one attached hydrogen (secondary N) is 1. The Kier molecular flexibility index (Phi) is 3.65. The van der Waals surface area contributed by atoms with Gasteiger partial charge in [0.1, 0.15) is 5.52 Å². The monoisotopic (exact) mass is 327 g/mol. The molecular weight excluding hydrogens is 310 g/mol. The van der Waals surface area contributed by atoms with Crippen LogP contribution in [0.2, 0.25) is 0 Å². The van der Waals surface area contributed by atoms with E-state index in [9.17, 15) is 4.79 Å². The highest BCUT2D eigenvalue weighted by Gasteiger charge is 2.15. The molecule has 0 amide bonds. The number of H-pyrrole nitrogens is 1. The molecule has 4 heteroatoms. The van der Waals surface area contributed by atoms with Crippen molar-refractivity contribution < 1.29 is 4.79 Å². The Balaban J connectivity index is 2.01. The molecule has 2 aromatic carbocycles. The molecule has 0 atom stereocenters. The number of benzene rings is 2. The van der Waals surface area contributed by atoms with Crippen molar-refractivity contribution in [1.82, 2.24) is 15.0 Å². The third-order valence-electron chi connectivity index (χ3n) is 4.31. The lowest BCUT2D eigenvalue weighted by Crippen LogP contribution is -1.96. The largest absolute Gasteiger partial charge is 0.344 e. The first-order chi connectivity index (χ1) is 12.2. The maximum absolute atomic E-state index is 11.3. The van der Waals surface area contributed by atoms with E-state index in [4.69, 9.17) is 9.97 Å². The van der Waals surface area contributed by atoms with Gasteiger partial charge in [0.25, 0.3) is 0 Å². The number of carbonyl (C=O) groups excluding carboxylic acids is 1. The molecule has 1 N–H and O–H groups in total. The van der Waals surface area contributed by atoms with E-state index in [0.717, 1.165) is 28.8 Å². The minimum Gasteiger partial charge on any atom is -0.344 e. The molecule has 0 aliphatic heterocycles. The second kappa shape index (κ2) is 5.98. The van der Waals surface area contributed by atoms with E-state index < -0.39 is 0 Å². The van der Waals surface area contributed by atoms with Gasteiger partial charge in [-0.1, -0.05) is 59.7 Å². The second-order valence-electron chi connectivity index (χ2n) is 6.21. The van der Waals surface area contributed by atoms with Gasteiger partial charge in [-0.25, -0.2) is 9.97 Å². The number of hydrogen-bond donors (Lipinski definition) is 1. The molecule has 2 aromatic heterocycles. The molecule has 0 unspecified atom stereocenters. The van der Waals surface area contributed by atoms with Crippen molar-refractivity contribution in [2.75, 3.05) is 0 Å². The molecule has 0 bridgehead atoms. The number of rotatable bonds is 3. The van der Waals surface area contributed by atoms with Crippen molar-refractivity contribution in [3.05, 3.63) is 71.4 Å². The van der Waals surface area contributed by atoms with Crippen molar-refractivity contribution in [2.45, 2.75) is 13.8 Å². The van der Waals surface area contributed by atoms with Crippen molar-refractivity contribution in [3.63, 3.8) is 0 Å². The van der Waals surface area contributed by atoms with Crippen LogP contribution in [0.5, 0.6) is 0 Å². The number of hydrogen-bond acceptors (Lipinski definition) is 3. The summed E-state index contributed by atoms with van der Waals surface area (Å²) in [5, 5.41) is 0. The number of aldehydes is 1. The van der Waals surface area contributed by atoms with Crippen LogP contribution in [-0.4, -0.2) is 21.2 Å². The number of carbonyl (C=O) groups is 1. The van der Waals surface area contributed by atoms with Gasteiger partial charge in [0.2, 0.25) is 0 Å². The van der Waals surface area contributed by atoms with Crippen molar-refractivity contribution in [2.24, 2.45) is 0 Å². The molecule has 4 aromatic rings. The summed E-state index contributed by atoms with van der Waals surface area (Å²) < 4.78 is 0. The van der Waals surface area contributed by atoms with Gasteiger partial charge in [-0.3, -0.25) is 4.79 Å². The lowest BCUT2D eigenvalue weighted by Gasteiger charge is -2.10. The molecule has 0 saturated carbocycles. The van der Waals surface area contributed by atoms with E-state index in [1.54, 1.807) is 6.20 Å². The normalized spacial score (nSPS) is 11.0. The van der Waals surface area contributed by atoms with E-state index in [0.29, 0.717) is 16.7 Å². The molecule has 2 heterocycles. The Bertz CT molecular complexity index is 1060. The van der Waals surface area contributed by atoms with Gasteiger partial charge in [-0.15, -0.1) is 0 Å². The smallest absolute Gasteiger partial charge is 0.157 e. The zero-order valence-corrected chi connectivity index (χ0v) is 14.1. The summed E-state index contributed by atoms with van der Waals surface area (Å²) in [6, 6.07) is 16.4. The van der Waals surface area contributed by atoms with E-state index >= 15 is 0 Å². The Hall–Kier alpha value is -3.27. The van der Waals surface area contributed by atoms with Crippen molar-refractivity contribution in [3.8, 4) is 22.5 Å². The van der Waals surface area contributed by atoms with Gasteiger partial charge in [-0.2, -0.15) is 0 Å². The average Bonchev–Trinajstić information content (AvgIpc) is 3.04. The minimum atomic E-state index is 0.520.